The number of hydrogen-bond donors (Lipinski definition) is 0. The third kappa shape index (κ3) is 8.36. The van der Waals surface area contributed by atoms with Crippen LogP contribution in [0.5, 0.6) is 0 Å². The molecule has 2 unspecified atom stereocenters. The van der Waals surface area contributed by atoms with E-state index in [1.165, 1.54) is 6.92 Å². The SMILES string of the molecule is CC(=O)OC(C[N+](C)(C)C)C(C(=O)[O-])c1ccc(CC(C)C)cc1.Cl. The summed E-state index contributed by atoms with van der Waals surface area (Å²) in [6.45, 7) is 5.94. The lowest BCUT2D eigenvalue weighted by Gasteiger charge is -2.33. The van der Waals surface area contributed by atoms with Gasteiger partial charge in [0.05, 0.1) is 33.0 Å². The Morgan fingerprint density at radius 2 is 1.64 bits per heavy atom. The molecule has 142 valence electrons. The zero-order chi connectivity index (χ0) is 18.5. The number of esters is 1. The number of ether oxygens (including phenoxy) is 1. The molecule has 1 aromatic rings. The van der Waals surface area contributed by atoms with Gasteiger partial charge in [0.2, 0.25) is 0 Å². The number of hydrogen-bond acceptors (Lipinski definition) is 4. The van der Waals surface area contributed by atoms with Crippen LogP contribution in [0.25, 0.3) is 0 Å². The fourth-order valence-electron chi connectivity index (χ4n) is 2.80. The molecule has 0 saturated carbocycles. The van der Waals surface area contributed by atoms with E-state index >= 15 is 0 Å². The van der Waals surface area contributed by atoms with Crippen LogP contribution in [0.4, 0.5) is 0 Å². The van der Waals surface area contributed by atoms with Crippen LogP contribution in [-0.2, 0) is 20.7 Å². The Morgan fingerprint density at radius 3 is 2.00 bits per heavy atom. The Hall–Kier alpha value is -1.59. The molecule has 0 fully saturated rings. The van der Waals surface area contributed by atoms with Crippen molar-refractivity contribution in [2.24, 2.45) is 5.92 Å². The smallest absolute Gasteiger partial charge is 0.303 e. The molecule has 0 heterocycles. The van der Waals surface area contributed by atoms with Gasteiger partial charge in [-0.05, 0) is 23.5 Å². The quantitative estimate of drug-likeness (QED) is 0.516. The number of quaternary nitrogens is 1. The van der Waals surface area contributed by atoms with E-state index in [2.05, 4.69) is 13.8 Å². The highest BCUT2D eigenvalue weighted by Gasteiger charge is 2.32. The van der Waals surface area contributed by atoms with Gasteiger partial charge in [-0.15, -0.1) is 12.4 Å². The summed E-state index contributed by atoms with van der Waals surface area (Å²) in [5.74, 6) is -2.18. The maximum Gasteiger partial charge on any atom is 0.303 e. The van der Waals surface area contributed by atoms with E-state index in [9.17, 15) is 14.7 Å². The topological polar surface area (TPSA) is 66.4 Å². The maximum atomic E-state index is 11.8. The third-order valence-electron chi connectivity index (χ3n) is 3.65. The fraction of sp³-hybridized carbons (Fsp3) is 0.579. The molecule has 0 saturated heterocycles. The van der Waals surface area contributed by atoms with E-state index in [0.717, 1.165) is 12.0 Å². The molecule has 5 nitrogen and oxygen atoms in total. The Bertz CT molecular complexity index is 564. The molecule has 0 aliphatic rings. The molecule has 0 aliphatic carbocycles. The highest BCUT2D eigenvalue weighted by Crippen LogP contribution is 2.24. The van der Waals surface area contributed by atoms with Crippen molar-refractivity contribution in [1.82, 2.24) is 0 Å². The van der Waals surface area contributed by atoms with Crippen LogP contribution in [0.1, 0.15) is 37.8 Å². The molecule has 0 aromatic heterocycles. The largest absolute Gasteiger partial charge is 0.549 e. The van der Waals surface area contributed by atoms with Crippen LogP contribution in [0.3, 0.4) is 0 Å². The van der Waals surface area contributed by atoms with Crippen molar-refractivity contribution in [3.05, 3.63) is 35.4 Å². The number of carboxylic acids is 1. The number of likely N-dealkylation sites (N-methyl/N-ethyl adjacent to an activating group) is 1. The van der Waals surface area contributed by atoms with Crippen molar-refractivity contribution in [2.45, 2.75) is 39.2 Å². The van der Waals surface area contributed by atoms with Crippen LogP contribution in [0, 0.1) is 5.92 Å². The molecule has 6 heteroatoms. The lowest BCUT2D eigenvalue weighted by Crippen LogP contribution is -2.49. The summed E-state index contributed by atoms with van der Waals surface area (Å²) in [4.78, 5) is 23.2. The monoisotopic (exact) mass is 371 g/mol. The second kappa shape index (κ2) is 9.78. The lowest BCUT2D eigenvalue weighted by molar-refractivity contribution is -0.873. The number of carbonyl (C=O) groups is 2. The van der Waals surface area contributed by atoms with Gasteiger partial charge in [-0.3, -0.25) is 4.79 Å². The molecule has 0 amide bonds. The molecule has 1 rings (SSSR count). The van der Waals surface area contributed by atoms with Crippen molar-refractivity contribution >= 4 is 24.3 Å². The van der Waals surface area contributed by atoms with E-state index in [0.29, 0.717) is 22.5 Å². The summed E-state index contributed by atoms with van der Waals surface area (Å²) in [7, 11) is 5.78. The van der Waals surface area contributed by atoms with Crippen molar-refractivity contribution in [1.29, 1.82) is 0 Å². The van der Waals surface area contributed by atoms with Gasteiger partial charge in [-0.1, -0.05) is 38.1 Å². The number of rotatable bonds is 8. The van der Waals surface area contributed by atoms with Crippen molar-refractivity contribution in [3.63, 3.8) is 0 Å². The first-order valence-corrected chi connectivity index (χ1v) is 8.27. The summed E-state index contributed by atoms with van der Waals surface area (Å²) >= 11 is 0. The molecular weight excluding hydrogens is 342 g/mol. The average molecular weight is 372 g/mol. The van der Waals surface area contributed by atoms with E-state index in [1.807, 2.05) is 33.3 Å². The van der Waals surface area contributed by atoms with Crippen LogP contribution in [0.2, 0.25) is 0 Å². The van der Waals surface area contributed by atoms with E-state index < -0.39 is 24.0 Å². The standard InChI is InChI=1S/C19H29NO4.ClH/c1-13(2)11-15-7-9-16(10-8-15)18(19(22)23)17(24-14(3)21)12-20(4,5)6;/h7-10,13,17-18H,11-12H2,1-6H3;1H. The minimum Gasteiger partial charge on any atom is -0.549 e. The number of nitrogens with zero attached hydrogens (tertiary/aromatic N) is 1. The number of aliphatic carboxylic acids is 1. The van der Waals surface area contributed by atoms with Gasteiger partial charge in [0.25, 0.3) is 0 Å². The Kier molecular flexibility index (Phi) is 9.16. The number of halogens is 1. The highest BCUT2D eigenvalue weighted by atomic mass is 35.5. The zero-order valence-corrected chi connectivity index (χ0v) is 16.8. The molecule has 0 bridgehead atoms. The van der Waals surface area contributed by atoms with E-state index in [4.69, 9.17) is 4.74 Å². The predicted molar refractivity (Wildman–Crippen MR) is 98.4 cm³/mol. The minimum atomic E-state index is -1.23. The zero-order valence-electron chi connectivity index (χ0n) is 15.9. The molecular formula is C19H30ClNO4. The fourth-order valence-corrected chi connectivity index (χ4v) is 2.80. The summed E-state index contributed by atoms with van der Waals surface area (Å²) < 4.78 is 5.80. The molecule has 1 aromatic carbocycles. The molecule has 2 atom stereocenters. The first kappa shape index (κ1) is 23.4. The van der Waals surface area contributed by atoms with Crippen LogP contribution < -0.4 is 5.11 Å². The number of benzene rings is 1. The van der Waals surface area contributed by atoms with E-state index in [-0.39, 0.29) is 12.4 Å². The first-order chi connectivity index (χ1) is 11.0. The van der Waals surface area contributed by atoms with Gasteiger partial charge < -0.3 is 19.1 Å². The highest BCUT2D eigenvalue weighted by molar-refractivity contribution is 5.85. The van der Waals surface area contributed by atoms with Gasteiger partial charge in [0.1, 0.15) is 6.54 Å². The second-order valence-electron chi connectivity index (χ2n) is 7.76. The number of carbonyl (C=O) groups excluding carboxylic acids is 2. The summed E-state index contributed by atoms with van der Waals surface area (Å²) in [5, 5.41) is 11.8. The third-order valence-corrected chi connectivity index (χ3v) is 3.65. The van der Waals surface area contributed by atoms with Gasteiger partial charge >= 0.3 is 5.97 Å². The van der Waals surface area contributed by atoms with Gasteiger partial charge in [0.15, 0.2) is 6.10 Å². The van der Waals surface area contributed by atoms with E-state index in [1.54, 1.807) is 12.1 Å². The molecule has 0 radical (unpaired) electrons. The van der Waals surface area contributed by atoms with Gasteiger partial charge in [-0.2, -0.15) is 0 Å². The predicted octanol–water partition coefficient (Wildman–Crippen LogP) is 1.78. The van der Waals surface area contributed by atoms with Crippen LogP contribution >= 0.6 is 12.4 Å². The first-order valence-electron chi connectivity index (χ1n) is 8.27. The van der Waals surface area contributed by atoms with Crippen molar-refractivity contribution < 1.29 is 23.9 Å². The van der Waals surface area contributed by atoms with Crippen LogP contribution in [0.15, 0.2) is 24.3 Å². The lowest BCUT2D eigenvalue weighted by atomic mass is 9.91. The second-order valence-corrected chi connectivity index (χ2v) is 7.76. The van der Waals surface area contributed by atoms with Crippen molar-refractivity contribution in [2.75, 3.05) is 27.7 Å². The average Bonchev–Trinajstić information content (AvgIpc) is 2.37. The Morgan fingerprint density at radius 1 is 1.12 bits per heavy atom. The molecule has 0 spiro atoms. The summed E-state index contributed by atoms with van der Waals surface area (Å²) in [6, 6.07) is 7.46. The Balaban J connectivity index is 0.00000576. The minimum absolute atomic E-state index is 0. The molecule has 0 N–H and O–H groups in total. The summed E-state index contributed by atoms with van der Waals surface area (Å²) in [6.07, 6.45) is 0.158. The van der Waals surface area contributed by atoms with Crippen LogP contribution in [-0.4, -0.2) is 50.2 Å². The van der Waals surface area contributed by atoms with Gasteiger partial charge in [0, 0.05) is 6.92 Å². The normalized spacial score (nSPS) is 13.7. The van der Waals surface area contributed by atoms with Crippen molar-refractivity contribution in [3.8, 4) is 0 Å². The summed E-state index contributed by atoms with van der Waals surface area (Å²) in [5.41, 5.74) is 1.75. The number of carboxylic acid groups (broad SMARTS) is 1. The maximum absolute atomic E-state index is 11.8. The Labute approximate surface area is 157 Å². The molecule has 0 aliphatic heterocycles. The van der Waals surface area contributed by atoms with Gasteiger partial charge in [-0.25, -0.2) is 0 Å². The molecule has 25 heavy (non-hydrogen) atoms.